The number of carbonyl (C=O) groups excluding carboxylic acids is 1. The van der Waals surface area contributed by atoms with Crippen LogP contribution >= 0.6 is 0 Å². The number of ether oxygens (including phenoxy) is 1. The Bertz CT molecular complexity index is 1020. The monoisotopic (exact) mass is 463 g/mol. The number of imidazole rings is 1. The van der Waals surface area contributed by atoms with Crippen molar-refractivity contribution in [1.82, 2.24) is 14.9 Å². The van der Waals surface area contributed by atoms with E-state index in [9.17, 15) is 4.79 Å². The second-order valence-corrected chi connectivity index (χ2v) is 9.16. The van der Waals surface area contributed by atoms with Crippen molar-refractivity contribution >= 4 is 16.9 Å². The van der Waals surface area contributed by atoms with Crippen LogP contribution < -0.4 is 10.1 Å². The molecule has 184 valence electrons. The van der Waals surface area contributed by atoms with Gasteiger partial charge in [-0.25, -0.2) is 4.98 Å². The summed E-state index contributed by atoms with van der Waals surface area (Å²) in [7, 11) is 0. The van der Waals surface area contributed by atoms with E-state index in [1.807, 2.05) is 6.07 Å². The molecule has 1 atom stereocenters. The fourth-order valence-electron chi connectivity index (χ4n) is 4.36. The molecule has 3 rings (SSSR count). The molecule has 0 fully saturated rings. The Kier molecular flexibility index (Phi) is 9.99. The quantitative estimate of drug-likeness (QED) is 0.278. The molecule has 1 unspecified atom stereocenters. The number of nitrogens with one attached hydrogen (secondary N) is 1. The zero-order valence-electron chi connectivity index (χ0n) is 21.3. The minimum atomic E-state index is 0.102. The molecule has 5 heteroatoms. The molecule has 0 saturated heterocycles. The van der Waals surface area contributed by atoms with Gasteiger partial charge in [0.15, 0.2) is 0 Å². The smallest absolute Gasteiger partial charge is 0.223 e. The lowest BCUT2D eigenvalue weighted by Crippen LogP contribution is -2.32. The molecule has 1 heterocycles. The van der Waals surface area contributed by atoms with Gasteiger partial charge in [0.05, 0.1) is 17.6 Å². The highest BCUT2D eigenvalue weighted by Gasteiger charge is 2.15. The molecule has 3 aromatic rings. The Morgan fingerprint density at radius 2 is 1.74 bits per heavy atom. The third-order valence-corrected chi connectivity index (χ3v) is 6.84. The highest BCUT2D eigenvalue weighted by atomic mass is 16.5. The van der Waals surface area contributed by atoms with E-state index < -0.39 is 0 Å². The van der Waals surface area contributed by atoms with Crippen molar-refractivity contribution in [3.8, 4) is 5.75 Å². The van der Waals surface area contributed by atoms with E-state index in [4.69, 9.17) is 9.72 Å². The molecule has 1 aromatic heterocycles. The van der Waals surface area contributed by atoms with Crippen LogP contribution in [-0.2, 0) is 17.8 Å². The van der Waals surface area contributed by atoms with Gasteiger partial charge in [-0.1, -0.05) is 52.0 Å². The molecule has 0 saturated carbocycles. The summed E-state index contributed by atoms with van der Waals surface area (Å²) in [4.78, 5) is 17.2. The minimum absolute atomic E-state index is 0.102. The highest BCUT2D eigenvalue weighted by Crippen LogP contribution is 2.22. The molecule has 1 N–H and O–H groups in total. The van der Waals surface area contributed by atoms with Gasteiger partial charge in [0.1, 0.15) is 11.6 Å². The molecule has 1 amide bonds. The molecule has 0 aliphatic rings. The first kappa shape index (κ1) is 25.8. The van der Waals surface area contributed by atoms with Gasteiger partial charge in [-0.05, 0) is 67.9 Å². The second kappa shape index (κ2) is 13.2. The molecule has 5 nitrogen and oxygen atoms in total. The summed E-state index contributed by atoms with van der Waals surface area (Å²) in [6.07, 6.45) is 5.63. The van der Waals surface area contributed by atoms with Crippen LogP contribution in [0.3, 0.4) is 0 Å². The molecule has 0 spiro atoms. The summed E-state index contributed by atoms with van der Waals surface area (Å²) in [5.41, 5.74) is 3.54. The second-order valence-electron chi connectivity index (χ2n) is 9.16. The first-order valence-corrected chi connectivity index (χ1v) is 13.0. The lowest BCUT2D eigenvalue weighted by Gasteiger charge is -2.14. The van der Waals surface area contributed by atoms with Gasteiger partial charge >= 0.3 is 0 Å². The summed E-state index contributed by atoms with van der Waals surface area (Å²) in [5, 5.41) is 3.10. The predicted octanol–water partition coefficient (Wildman–Crippen LogP) is 6.50. The van der Waals surface area contributed by atoms with E-state index in [1.165, 1.54) is 5.56 Å². The summed E-state index contributed by atoms with van der Waals surface area (Å²) < 4.78 is 8.28. The van der Waals surface area contributed by atoms with Crippen LogP contribution in [0.25, 0.3) is 11.0 Å². The fraction of sp³-hybridized carbons (Fsp3) is 0.517. The SMILES string of the molecule is CCC(CC)C(=O)NCCc1nc2ccccc2n1CCCCOc1ccc(C(C)CC)cc1. The van der Waals surface area contributed by atoms with Crippen LogP contribution in [0.2, 0.25) is 0 Å². The van der Waals surface area contributed by atoms with Gasteiger partial charge < -0.3 is 14.6 Å². The number of para-hydroxylation sites is 2. The molecule has 0 bridgehead atoms. The Hall–Kier alpha value is -2.82. The van der Waals surface area contributed by atoms with Crippen LogP contribution in [-0.4, -0.2) is 28.6 Å². The van der Waals surface area contributed by atoms with Crippen LogP contribution in [0.1, 0.15) is 77.1 Å². The fourth-order valence-corrected chi connectivity index (χ4v) is 4.36. The Balaban J connectivity index is 1.52. The minimum Gasteiger partial charge on any atom is -0.494 e. The first-order valence-electron chi connectivity index (χ1n) is 13.0. The number of unbranched alkanes of at least 4 members (excludes halogenated alkanes) is 1. The predicted molar refractivity (Wildman–Crippen MR) is 140 cm³/mol. The van der Waals surface area contributed by atoms with Crippen molar-refractivity contribution in [2.24, 2.45) is 5.92 Å². The Morgan fingerprint density at radius 1 is 1.00 bits per heavy atom. The maximum Gasteiger partial charge on any atom is 0.223 e. The Morgan fingerprint density at radius 3 is 2.44 bits per heavy atom. The van der Waals surface area contributed by atoms with Crippen LogP contribution in [0.5, 0.6) is 5.75 Å². The number of rotatable bonds is 14. The topological polar surface area (TPSA) is 56.2 Å². The van der Waals surface area contributed by atoms with E-state index in [-0.39, 0.29) is 11.8 Å². The largest absolute Gasteiger partial charge is 0.494 e. The van der Waals surface area contributed by atoms with Gasteiger partial charge in [0, 0.05) is 25.4 Å². The average Bonchev–Trinajstić information content (AvgIpc) is 3.21. The highest BCUT2D eigenvalue weighted by molar-refractivity contribution is 5.78. The van der Waals surface area contributed by atoms with Crippen molar-refractivity contribution in [2.75, 3.05) is 13.2 Å². The van der Waals surface area contributed by atoms with Gasteiger partial charge in [0.2, 0.25) is 5.91 Å². The first-order chi connectivity index (χ1) is 16.6. The van der Waals surface area contributed by atoms with Crippen LogP contribution in [0.15, 0.2) is 48.5 Å². The zero-order valence-corrected chi connectivity index (χ0v) is 21.3. The molecular formula is C29H41N3O2. The molecular weight excluding hydrogens is 422 g/mol. The number of hydrogen-bond acceptors (Lipinski definition) is 3. The number of fused-ring (bicyclic) bond motifs is 1. The third-order valence-electron chi connectivity index (χ3n) is 6.84. The number of benzene rings is 2. The molecule has 0 radical (unpaired) electrons. The van der Waals surface area contributed by atoms with E-state index in [0.717, 1.165) is 67.7 Å². The number of hydrogen-bond donors (Lipinski definition) is 1. The number of aromatic nitrogens is 2. The van der Waals surface area contributed by atoms with Gasteiger partial charge in [-0.2, -0.15) is 0 Å². The summed E-state index contributed by atoms with van der Waals surface area (Å²) in [6.45, 7) is 10.8. The summed E-state index contributed by atoms with van der Waals surface area (Å²) in [6, 6.07) is 16.8. The van der Waals surface area contributed by atoms with Crippen molar-refractivity contribution in [1.29, 1.82) is 0 Å². The summed E-state index contributed by atoms with van der Waals surface area (Å²) in [5.74, 6) is 2.81. The zero-order chi connectivity index (χ0) is 24.3. The third kappa shape index (κ3) is 6.85. The van der Waals surface area contributed by atoms with Crippen molar-refractivity contribution in [3.63, 3.8) is 0 Å². The molecule has 34 heavy (non-hydrogen) atoms. The molecule has 2 aromatic carbocycles. The van der Waals surface area contributed by atoms with Gasteiger partial charge in [-0.15, -0.1) is 0 Å². The van der Waals surface area contributed by atoms with Crippen LogP contribution in [0, 0.1) is 5.92 Å². The van der Waals surface area contributed by atoms with Crippen molar-refractivity contribution in [3.05, 3.63) is 59.9 Å². The average molecular weight is 464 g/mol. The number of nitrogens with zero attached hydrogens (tertiary/aromatic N) is 2. The lowest BCUT2D eigenvalue weighted by atomic mass is 9.99. The maximum atomic E-state index is 12.3. The number of amides is 1. The molecule has 0 aliphatic carbocycles. The van der Waals surface area contributed by atoms with Crippen molar-refractivity contribution < 1.29 is 9.53 Å². The number of carbonyl (C=O) groups is 1. The summed E-state index contributed by atoms with van der Waals surface area (Å²) >= 11 is 0. The Labute approximate surface area is 204 Å². The van der Waals surface area contributed by atoms with Crippen LogP contribution in [0.4, 0.5) is 0 Å². The number of aryl methyl sites for hydroxylation is 1. The standard InChI is InChI=1S/C29H41N3O2/c1-5-22(4)24-14-16-25(17-15-24)34-21-11-10-20-32-27-13-9-8-12-26(27)31-28(32)18-19-30-29(33)23(6-2)7-3/h8-9,12-17,22-23H,5-7,10-11,18-21H2,1-4H3,(H,30,33). The van der Waals surface area contributed by atoms with Crippen molar-refractivity contribution in [2.45, 2.75) is 78.7 Å². The molecule has 0 aliphatic heterocycles. The van der Waals surface area contributed by atoms with Gasteiger partial charge in [-0.3, -0.25) is 4.79 Å². The lowest BCUT2D eigenvalue weighted by molar-refractivity contribution is -0.125. The van der Waals surface area contributed by atoms with E-state index in [1.54, 1.807) is 0 Å². The van der Waals surface area contributed by atoms with E-state index in [0.29, 0.717) is 19.1 Å². The maximum absolute atomic E-state index is 12.3. The van der Waals surface area contributed by atoms with E-state index in [2.05, 4.69) is 80.0 Å². The van der Waals surface area contributed by atoms with Gasteiger partial charge in [0.25, 0.3) is 0 Å². The normalized spacial score (nSPS) is 12.3. The van der Waals surface area contributed by atoms with E-state index >= 15 is 0 Å².